The first-order chi connectivity index (χ1) is 9.66. The third-order valence-corrected chi connectivity index (χ3v) is 3.14. The SMILES string of the molecule is O=C(O)COc1ccccc1NC(=O)C1CC=CCC1. The van der Waals surface area contributed by atoms with Crippen molar-refractivity contribution in [3.8, 4) is 5.75 Å². The number of ether oxygens (including phenoxy) is 1. The number of benzene rings is 1. The van der Waals surface area contributed by atoms with E-state index >= 15 is 0 Å². The second-order valence-electron chi connectivity index (χ2n) is 4.65. The lowest BCUT2D eigenvalue weighted by Gasteiger charge is -2.18. The number of amides is 1. The summed E-state index contributed by atoms with van der Waals surface area (Å²) in [6, 6.07) is 6.84. The molecule has 1 atom stereocenters. The largest absolute Gasteiger partial charge is 0.480 e. The Morgan fingerprint density at radius 3 is 2.80 bits per heavy atom. The quantitative estimate of drug-likeness (QED) is 0.809. The first kappa shape index (κ1) is 14.1. The molecule has 0 radical (unpaired) electrons. The lowest BCUT2D eigenvalue weighted by molar-refractivity contribution is -0.139. The monoisotopic (exact) mass is 275 g/mol. The lowest BCUT2D eigenvalue weighted by Crippen LogP contribution is -2.24. The zero-order chi connectivity index (χ0) is 14.4. The molecule has 5 heteroatoms. The van der Waals surface area contributed by atoms with Crippen LogP contribution in [0, 0.1) is 5.92 Å². The summed E-state index contributed by atoms with van der Waals surface area (Å²) < 4.78 is 5.16. The molecule has 1 aliphatic rings. The highest BCUT2D eigenvalue weighted by molar-refractivity contribution is 5.94. The van der Waals surface area contributed by atoms with Crippen molar-refractivity contribution in [2.24, 2.45) is 5.92 Å². The van der Waals surface area contributed by atoms with Crippen LogP contribution in [0.5, 0.6) is 5.75 Å². The Morgan fingerprint density at radius 2 is 2.10 bits per heavy atom. The molecule has 2 N–H and O–H groups in total. The molecular weight excluding hydrogens is 258 g/mol. The summed E-state index contributed by atoms with van der Waals surface area (Å²) in [6.07, 6.45) is 6.58. The molecule has 20 heavy (non-hydrogen) atoms. The zero-order valence-corrected chi connectivity index (χ0v) is 11.0. The van der Waals surface area contributed by atoms with E-state index in [-0.39, 0.29) is 11.8 Å². The Morgan fingerprint density at radius 1 is 1.30 bits per heavy atom. The number of nitrogens with one attached hydrogen (secondary N) is 1. The summed E-state index contributed by atoms with van der Waals surface area (Å²) in [4.78, 5) is 22.7. The molecule has 0 aliphatic heterocycles. The van der Waals surface area contributed by atoms with E-state index < -0.39 is 12.6 Å². The molecule has 5 nitrogen and oxygen atoms in total. The maximum absolute atomic E-state index is 12.1. The third-order valence-electron chi connectivity index (χ3n) is 3.14. The van der Waals surface area contributed by atoms with Gasteiger partial charge in [0, 0.05) is 5.92 Å². The normalized spacial score (nSPS) is 17.5. The van der Waals surface area contributed by atoms with E-state index in [9.17, 15) is 9.59 Å². The fourth-order valence-corrected chi connectivity index (χ4v) is 2.10. The molecule has 0 bridgehead atoms. The molecular formula is C15H17NO4. The van der Waals surface area contributed by atoms with E-state index in [4.69, 9.17) is 9.84 Å². The molecule has 0 saturated heterocycles. The predicted octanol–water partition coefficient (Wildman–Crippen LogP) is 2.44. The van der Waals surface area contributed by atoms with E-state index in [1.165, 1.54) is 0 Å². The van der Waals surface area contributed by atoms with Gasteiger partial charge in [0.2, 0.25) is 5.91 Å². The van der Waals surface area contributed by atoms with Gasteiger partial charge in [0.1, 0.15) is 5.75 Å². The minimum absolute atomic E-state index is 0.0347. The van der Waals surface area contributed by atoms with Crippen LogP contribution in [0.1, 0.15) is 19.3 Å². The van der Waals surface area contributed by atoms with Crippen molar-refractivity contribution in [2.45, 2.75) is 19.3 Å². The van der Waals surface area contributed by atoms with Gasteiger partial charge in [-0.3, -0.25) is 4.79 Å². The molecule has 0 spiro atoms. The van der Waals surface area contributed by atoms with Gasteiger partial charge in [0.15, 0.2) is 6.61 Å². The molecule has 0 heterocycles. The van der Waals surface area contributed by atoms with E-state index in [0.717, 1.165) is 19.3 Å². The van der Waals surface area contributed by atoms with Crippen molar-refractivity contribution >= 4 is 17.6 Å². The summed E-state index contributed by atoms with van der Waals surface area (Å²) in [5.74, 6) is -0.772. The van der Waals surface area contributed by atoms with Crippen molar-refractivity contribution < 1.29 is 19.4 Å². The molecule has 2 rings (SSSR count). The maximum atomic E-state index is 12.1. The van der Waals surface area contributed by atoms with Crippen molar-refractivity contribution in [2.75, 3.05) is 11.9 Å². The third kappa shape index (κ3) is 3.85. The van der Waals surface area contributed by atoms with Gasteiger partial charge in [-0.2, -0.15) is 0 Å². The van der Waals surface area contributed by atoms with Crippen molar-refractivity contribution in [3.63, 3.8) is 0 Å². The Kier molecular flexibility index (Phi) is 4.76. The Balaban J connectivity index is 2.02. The summed E-state index contributed by atoms with van der Waals surface area (Å²) in [5, 5.41) is 11.4. The second-order valence-corrected chi connectivity index (χ2v) is 4.65. The van der Waals surface area contributed by atoms with Crippen LogP contribution in [0.2, 0.25) is 0 Å². The fourth-order valence-electron chi connectivity index (χ4n) is 2.10. The van der Waals surface area contributed by atoms with E-state index in [1.807, 2.05) is 6.08 Å². The molecule has 0 fully saturated rings. The van der Waals surface area contributed by atoms with Crippen LogP contribution in [0.4, 0.5) is 5.69 Å². The number of carboxylic acids is 1. The number of carbonyl (C=O) groups is 2. The summed E-state index contributed by atoms with van der Waals surface area (Å²) in [6.45, 7) is -0.431. The van der Waals surface area contributed by atoms with Gasteiger partial charge < -0.3 is 15.2 Å². The molecule has 0 saturated carbocycles. The van der Waals surface area contributed by atoms with E-state index in [2.05, 4.69) is 11.4 Å². The topological polar surface area (TPSA) is 75.6 Å². The minimum atomic E-state index is -1.05. The molecule has 1 unspecified atom stereocenters. The van der Waals surface area contributed by atoms with Crippen LogP contribution in [0.3, 0.4) is 0 Å². The first-order valence-corrected chi connectivity index (χ1v) is 6.56. The number of hydrogen-bond acceptors (Lipinski definition) is 3. The highest BCUT2D eigenvalue weighted by Gasteiger charge is 2.19. The van der Waals surface area contributed by atoms with Crippen LogP contribution in [-0.2, 0) is 9.59 Å². The van der Waals surface area contributed by atoms with Gasteiger partial charge in [0.05, 0.1) is 5.69 Å². The maximum Gasteiger partial charge on any atom is 0.341 e. The van der Waals surface area contributed by atoms with Gasteiger partial charge in [0.25, 0.3) is 0 Å². The Labute approximate surface area is 117 Å². The highest BCUT2D eigenvalue weighted by Crippen LogP contribution is 2.26. The van der Waals surface area contributed by atoms with Crippen LogP contribution < -0.4 is 10.1 Å². The number of allylic oxidation sites excluding steroid dienone is 2. The molecule has 106 valence electrons. The predicted molar refractivity (Wildman–Crippen MR) is 74.7 cm³/mol. The molecule has 0 aromatic heterocycles. The van der Waals surface area contributed by atoms with Crippen molar-refractivity contribution in [1.29, 1.82) is 0 Å². The molecule has 1 aromatic carbocycles. The summed E-state index contributed by atoms with van der Waals surface area (Å²) in [7, 11) is 0. The van der Waals surface area contributed by atoms with Gasteiger partial charge in [-0.25, -0.2) is 4.79 Å². The number of anilines is 1. The highest BCUT2D eigenvalue weighted by atomic mass is 16.5. The van der Waals surface area contributed by atoms with Crippen LogP contribution in [0.25, 0.3) is 0 Å². The Hall–Kier alpha value is -2.30. The average molecular weight is 275 g/mol. The Bertz CT molecular complexity index is 524. The molecule has 1 aromatic rings. The van der Waals surface area contributed by atoms with Gasteiger partial charge in [-0.05, 0) is 31.4 Å². The molecule has 1 aliphatic carbocycles. The number of rotatable bonds is 5. The lowest BCUT2D eigenvalue weighted by atomic mass is 9.93. The number of para-hydroxylation sites is 2. The van der Waals surface area contributed by atoms with Crippen LogP contribution in [-0.4, -0.2) is 23.6 Å². The number of carbonyl (C=O) groups excluding carboxylic acids is 1. The standard InChI is InChI=1S/C15H17NO4/c17-14(18)10-20-13-9-5-4-8-12(13)16-15(19)11-6-2-1-3-7-11/h1-2,4-5,8-9,11H,3,6-7,10H2,(H,16,19)(H,17,18). The number of aliphatic carboxylic acids is 1. The number of hydrogen-bond donors (Lipinski definition) is 2. The summed E-state index contributed by atoms with van der Waals surface area (Å²) in [5.41, 5.74) is 0.508. The summed E-state index contributed by atoms with van der Waals surface area (Å²) >= 11 is 0. The van der Waals surface area contributed by atoms with Gasteiger partial charge in [-0.15, -0.1) is 0 Å². The fraction of sp³-hybridized carbons (Fsp3) is 0.333. The van der Waals surface area contributed by atoms with Crippen LogP contribution >= 0.6 is 0 Å². The minimum Gasteiger partial charge on any atom is -0.480 e. The van der Waals surface area contributed by atoms with Gasteiger partial charge >= 0.3 is 5.97 Å². The van der Waals surface area contributed by atoms with Crippen molar-refractivity contribution in [1.82, 2.24) is 0 Å². The zero-order valence-electron chi connectivity index (χ0n) is 11.0. The molecule has 1 amide bonds. The van der Waals surface area contributed by atoms with E-state index in [0.29, 0.717) is 11.4 Å². The first-order valence-electron chi connectivity index (χ1n) is 6.56. The second kappa shape index (κ2) is 6.75. The number of carboxylic acid groups (broad SMARTS) is 1. The van der Waals surface area contributed by atoms with Crippen molar-refractivity contribution in [3.05, 3.63) is 36.4 Å². The smallest absolute Gasteiger partial charge is 0.341 e. The van der Waals surface area contributed by atoms with E-state index in [1.54, 1.807) is 24.3 Å². The van der Waals surface area contributed by atoms with Crippen LogP contribution in [0.15, 0.2) is 36.4 Å². The average Bonchev–Trinajstić information content (AvgIpc) is 2.47. The van der Waals surface area contributed by atoms with Gasteiger partial charge in [-0.1, -0.05) is 24.3 Å².